The lowest BCUT2D eigenvalue weighted by atomic mass is 9.82. The molecule has 0 spiro atoms. The summed E-state index contributed by atoms with van der Waals surface area (Å²) in [5.74, 6) is -4.16. The summed E-state index contributed by atoms with van der Waals surface area (Å²) in [5.41, 5.74) is 4.78. The zero-order valence-corrected chi connectivity index (χ0v) is 47.6. The van der Waals surface area contributed by atoms with Crippen molar-refractivity contribution in [2.75, 3.05) is 25.6 Å². The number of rotatable bonds is 27. The van der Waals surface area contributed by atoms with Crippen LogP contribution < -0.4 is 11.4 Å². The van der Waals surface area contributed by atoms with Crippen LogP contribution in [0.4, 0.5) is 5.82 Å². The maximum Gasteiger partial charge on any atom is 0.481 e. The number of nitrogens with zero attached hydrogens (tertiary/aromatic N) is 2. The number of phosphoric acid groups is 2. The number of hydrogen-bond donors (Lipinski definition) is 8. The van der Waals surface area contributed by atoms with Crippen molar-refractivity contribution in [1.82, 2.24) is 9.55 Å². The zero-order valence-electron chi connectivity index (χ0n) is 45.8. The molecule has 9 N–H and O–H groups in total. The number of carbonyl (C=O) groups excluding carboxylic acids is 2. The van der Waals surface area contributed by atoms with E-state index in [9.17, 15) is 58.8 Å². The summed E-state index contributed by atoms with van der Waals surface area (Å²) in [7, 11) is -11.3. The normalized spacial score (nSPS) is 29.1. The number of hydrogen-bond acceptors (Lipinski definition) is 18. The van der Waals surface area contributed by atoms with Crippen LogP contribution in [0.3, 0.4) is 0 Å². The SMILES string of the molecule is CCCCCC/C=C\C/C=C\C/C=C\CCCCCCCCC(=O)OC[C@@H]1COP(=O)(O)OP(=O)(O)OC[C@H]2O[C@@H](n3ccc(N)nc3=O)[C@@H](CC=CCCCC(=O)O1)[C@@H](O)C[C@@H](O)[C@H](/C=C\[C@@H](O)CCCCC)[C@H](O)[C@@H]2O. The van der Waals surface area contributed by atoms with E-state index in [1.54, 1.807) is 12.2 Å². The molecule has 2 aliphatic heterocycles. The minimum atomic E-state index is -5.71. The summed E-state index contributed by atoms with van der Waals surface area (Å²) in [6, 6.07) is 1.24. The Morgan fingerprint density at radius 3 is 2.10 bits per heavy atom. The van der Waals surface area contributed by atoms with E-state index in [1.807, 2.05) is 6.92 Å². The standard InChI is InChI=1S/C55H91N3O18P2/c1-3-5-7-8-9-10-11-12-13-14-15-16-17-18-19-20-21-22-23-28-32-50(62)71-39-43-40-72-77(67,68)76-78(69,70)73-41-48-53(65)52(64)44(35-34-42(59)30-26-6-4-2)46(60)38-47(61)45(31-27-24-25-29-33-51(63)74-43)54(75-48)58-37-36-49(56)57-55(58)66/h10-11,13-14,16-17,24,27,34-37,42-48,52-54,59-61,64-65H,3-9,12,15,18-23,25-26,28-33,38-41H2,1-2H3,(H,67,68)(H,69,70)(H2,56,57,66)/b11-10-,14-13-,17-16-,27-24?,35-34-/t42-,43+,44-,45-,46+,47-,48+,52-,53+,54+/m0/s1. The van der Waals surface area contributed by atoms with E-state index >= 15 is 0 Å². The van der Waals surface area contributed by atoms with Crippen LogP contribution in [0.2, 0.25) is 0 Å². The lowest BCUT2D eigenvalue weighted by Gasteiger charge is -2.40. The predicted molar refractivity (Wildman–Crippen MR) is 295 cm³/mol. The van der Waals surface area contributed by atoms with Crippen molar-refractivity contribution in [2.24, 2.45) is 11.8 Å². The lowest BCUT2D eigenvalue weighted by Crippen LogP contribution is -2.52. The van der Waals surface area contributed by atoms with Gasteiger partial charge in [0.15, 0.2) is 6.10 Å². The second-order valence-electron chi connectivity index (χ2n) is 20.0. The summed E-state index contributed by atoms with van der Waals surface area (Å²) < 4.78 is 59.1. The molecule has 444 valence electrons. The molecule has 0 aliphatic carbocycles. The highest BCUT2D eigenvalue weighted by atomic mass is 31.3. The van der Waals surface area contributed by atoms with Gasteiger partial charge < -0.3 is 55.3 Å². The summed E-state index contributed by atoms with van der Waals surface area (Å²) in [5, 5.41) is 57.5. The van der Waals surface area contributed by atoms with E-state index in [-0.39, 0.29) is 37.9 Å². The van der Waals surface area contributed by atoms with Crippen LogP contribution in [0.1, 0.15) is 174 Å². The van der Waals surface area contributed by atoms with E-state index in [4.69, 9.17) is 29.0 Å². The Bertz CT molecular complexity index is 2170. The molecule has 78 heavy (non-hydrogen) atoms. The van der Waals surface area contributed by atoms with Crippen molar-refractivity contribution >= 4 is 33.4 Å². The maximum atomic E-state index is 13.4. The molecule has 3 rings (SSSR count). The molecule has 3 heterocycles. The van der Waals surface area contributed by atoms with Crippen molar-refractivity contribution in [2.45, 2.75) is 217 Å². The molecule has 1 saturated heterocycles. The summed E-state index contributed by atoms with van der Waals surface area (Å²) in [6.45, 7) is 1.49. The Hall–Kier alpha value is -3.66. The van der Waals surface area contributed by atoms with Crippen LogP contribution in [0.15, 0.2) is 77.8 Å². The van der Waals surface area contributed by atoms with Gasteiger partial charge in [-0.3, -0.25) is 23.2 Å². The molecule has 0 amide bonds. The summed E-state index contributed by atoms with van der Waals surface area (Å²) in [6.07, 6.45) is 24.2. The first kappa shape index (κ1) is 68.6. The molecule has 23 heteroatoms. The number of ether oxygens (including phenoxy) is 3. The number of allylic oxidation sites excluding steroid dienone is 8. The minimum Gasteiger partial charge on any atom is -0.462 e. The third kappa shape index (κ3) is 28.7. The molecule has 12 atom stereocenters. The quantitative estimate of drug-likeness (QED) is 0.0177. The van der Waals surface area contributed by atoms with E-state index < -0.39 is 120 Å². The third-order valence-corrected chi connectivity index (χ3v) is 16.0. The molecule has 21 nitrogen and oxygen atoms in total. The number of carbonyl (C=O) groups is 2. The van der Waals surface area contributed by atoms with Crippen LogP contribution in [0.25, 0.3) is 0 Å². The molecule has 1 aromatic heterocycles. The predicted octanol–water partition coefficient (Wildman–Crippen LogP) is 8.66. The number of aromatic nitrogens is 2. The van der Waals surface area contributed by atoms with Crippen LogP contribution in [-0.4, -0.2) is 119 Å². The number of aliphatic hydroxyl groups excluding tert-OH is 5. The van der Waals surface area contributed by atoms with Gasteiger partial charge in [0.1, 0.15) is 30.9 Å². The largest absolute Gasteiger partial charge is 0.481 e. The fourth-order valence-electron chi connectivity index (χ4n) is 8.89. The molecular formula is C55H91N3O18P2. The Morgan fingerprint density at radius 2 is 1.44 bits per heavy atom. The summed E-state index contributed by atoms with van der Waals surface area (Å²) in [4.78, 5) is 64.3. The van der Waals surface area contributed by atoms with Gasteiger partial charge in [-0.05, 0) is 76.7 Å². The van der Waals surface area contributed by atoms with E-state index in [2.05, 4.69) is 52.7 Å². The van der Waals surface area contributed by atoms with Crippen molar-refractivity contribution < 1.29 is 81.6 Å². The second kappa shape index (κ2) is 38.9. The fraction of sp³-hybridized carbons (Fsp3) is 0.709. The molecule has 0 saturated carbocycles. The molecular weight excluding hydrogens is 1050 g/mol. The average molecular weight is 1140 g/mol. The van der Waals surface area contributed by atoms with Gasteiger partial charge in [-0.25, -0.2) is 13.9 Å². The molecule has 1 aromatic rings. The van der Waals surface area contributed by atoms with Gasteiger partial charge in [-0.15, -0.1) is 0 Å². The Balaban J connectivity index is 1.68. The number of esters is 2. The first-order chi connectivity index (χ1) is 37.4. The van der Waals surface area contributed by atoms with Gasteiger partial charge in [0, 0.05) is 37.3 Å². The number of nitrogens with two attached hydrogens (primary N) is 1. The minimum absolute atomic E-state index is 0.0639. The molecule has 0 radical (unpaired) electrons. The van der Waals surface area contributed by atoms with Gasteiger partial charge in [0.2, 0.25) is 0 Å². The van der Waals surface area contributed by atoms with Gasteiger partial charge in [0.05, 0.1) is 37.6 Å². The lowest BCUT2D eigenvalue weighted by molar-refractivity contribution is -0.194. The van der Waals surface area contributed by atoms with Crippen LogP contribution >= 0.6 is 15.6 Å². The van der Waals surface area contributed by atoms with E-state index in [0.717, 1.165) is 75.2 Å². The van der Waals surface area contributed by atoms with Crippen LogP contribution in [-0.2, 0) is 46.3 Å². The fourth-order valence-corrected chi connectivity index (χ4v) is 11.0. The monoisotopic (exact) mass is 1140 g/mol. The summed E-state index contributed by atoms with van der Waals surface area (Å²) >= 11 is 0. The topological polar surface area (TPSA) is 326 Å². The highest BCUT2D eigenvalue weighted by molar-refractivity contribution is 7.61. The highest BCUT2D eigenvalue weighted by Crippen LogP contribution is 2.60. The molecule has 2 unspecified atom stereocenters. The number of aliphatic hydroxyl groups is 5. The second-order valence-corrected chi connectivity index (χ2v) is 23.1. The highest BCUT2D eigenvalue weighted by Gasteiger charge is 2.45. The smallest absolute Gasteiger partial charge is 0.462 e. The number of unbranched alkanes of at least 4 members (excludes halogenated alkanes) is 12. The number of anilines is 1. The van der Waals surface area contributed by atoms with Crippen molar-refractivity contribution in [3.63, 3.8) is 0 Å². The van der Waals surface area contributed by atoms with Gasteiger partial charge in [0.25, 0.3) is 0 Å². The van der Waals surface area contributed by atoms with Crippen LogP contribution in [0, 0.1) is 11.8 Å². The Labute approximate surface area is 460 Å². The van der Waals surface area contributed by atoms with Crippen molar-refractivity contribution in [3.05, 3.63) is 83.5 Å². The average Bonchev–Trinajstić information content (AvgIpc) is 3.39. The number of fused-ring (bicyclic) bond motifs is 3. The van der Waals surface area contributed by atoms with Crippen molar-refractivity contribution in [1.29, 1.82) is 0 Å². The first-order valence-corrected chi connectivity index (χ1v) is 31.0. The van der Waals surface area contributed by atoms with Gasteiger partial charge in [-0.1, -0.05) is 139 Å². The third-order valence-electron chi connectivity index (χ3n) is 13.4. The Kier molecular flexibility index (Phi) is 34.2. The maximum absolute atomic E-state index is 13.4. The number of phosphoric ester groups is 2. The molecule has 1 fully saturated rings. The first-order valence-electron chi connectivity index (χ1n) is 28.1. The van der Waals surface area contributed by atoms with Gasteiger partial charge in [-0.2, -0.15) is 9.29 Å². The zero-order chi connectivity index (χ0) is 57.2. The molecule has 2 aliphatic rings. The van der Waals surface area contributed by atoms with E-state index in [0.29, 0.717) is 19.3 Å². The van der Waals surface area contributed by atoms with Crippen molar-refractivity contribution in [3.8, 4) is 0 Å². The van der Waals surface area contributed by atoms with Crippen LogP contribution in [0.5, 0.6) is 0 Å². The van der Waals surface area contributed by atoms with Gasteiger partial charge >= 0.3 is 33.3 Å². The molecule has 0 aromatic carbocycles. The molecule has 2 bridgehead atoms. The number of nitrogen functional groups attached to an aromatic ring is 1. The Morgan fingerprint density at radius 1 is 0.821 bits per heavy atom. The van der Waals surface area contributed by atoms with E-state index in [1.165, 1.54) is 50.1 Å². The number of cyclic esters (lactones) is 1.